The molecule has 0 aliphatic rings. The van der Waals surface area contributed by atoms with Crippen molar-refractivity contribution in [2.75, 3.05) is 5.73 Å². The van der Waals surface area contributed by atoms with Gasteiger partial charge in [0.25, 0.3) is 0 Å². The predicted molar refractivity (Wildman–Crippen MR) is 46.2 cm³/mol. The van der Waals surface area contributed by atoms with E-state index in [2.05, 4.69) is 0 Å². The molecule has 2 nitrogen and oxygen atoms in total. The SMILES string of the molecule is CC(O)Cc1c(N)ccc(F)c1F. The van der Waals surface area contributed by atoms with Crippen molar-refractivity contribution in [3.05, 3.63) is 29.3 Å². The Morgan fingerprint density at radius 3 is 2.62 bits per heavy atom. The van der Waals surface area contributed by atoms with Crippen LogP contribution in [-0.2, 0) is 6.42 Å². The van der Waals surface area contributed by atoms with Crippen molar-refractivity contribution >= 4 is 5.69 Å². The number of nitrogens with two attached hydrogens (primary N) is 1. The van der Waals surface area contributed by atoms with Gasteiger partial charge in [-0.1, -0.05) is 0 Å². The molecule has 13 heavy (non-hydrogen) atoms. The van der Waals surface area contributed by atoms with Crippen molar-refractivity contribution < 1.29 is 13.9 Å². The van der Waals surface area contributed by atoms with Crippen LogP contribution >= 0.6 is 0 Å². The monoisotopic (exact) mass is 187 g/mol. The van der Waals surface area contributed by atoms with Crippen LogP contribution in [0.3, 0.4) is 0 Å². The lowest BCUT2D eigenvalue weighted by molar-refractivity contribution is 0.194. The fourth-order valence-corrected chi connectivity index (χ4v) is 1.11. The molecule has 1 rings (SSSR count). The highest BCUT2D eigenvalue weighted by Gasteiger charge is 2.13. The lowest BCUT2D eigenvalue weighted by Gasteiger charge is -2.09. The molecule has 0 heterocycles. The molecule has 0 aliphatic heterocycles. The van der Waals surface area contributed by atoms with Crippen molar-refractivity contribution in [3.8, 4) is 0 Å². The summed E-state index contributed by atoms with van der Waals surface area (Å²) in [6.07, 6.45) is -0.714. The van der Waals surface area contributed by atoms with Crippen LogP contribution in [0.1, 0.15) is 12.5 Å². The lowest BCUT2D eigenvalue weighted by atomic mass is 10.1. The van der Waals surface area contributed by atoms with Gasteiger partial charge in [0.15, 0.2) is 11.6 Å². The van der Waals surface area contributed by atoms with Gasteiger partial charge in [-0.2, -0.15) is 0 Å². The first-order valence-electron chi connectivity index (χ1n) is 3.92. The van der Waals surface area contributed by atoms with Crippen molar-refractivity contribution in [2.45, 2.75) is 19.4 Å². The van der Waals surface area contributed by atoms with Gasteiger partial charge in [-0.15, -0.1) is 0 Å². The normalized spacial score (nSPS) is 12.9. The van der Waals surface area contributed by atoms with Gasteiger partial charge in [0.1, 0.15) is 0 Å². The molecule has 1 aromatic carbocycles. The minimum absolute atomic E-state index is 0.0232. The number of benzene rings is 1. The van der Waals surface area contributed by atoms with Gasteiger partial charge >= 0.3 is 0 Å². The van der Waals surface area contributed by atoms with Crippen LogP contribution in [0.2, 0.25) is 0 Å². The van der Waals surface area contributed by atoms with Gasteiger partial charge in [-0.05, 0) is 19.1 Å². The third-order valence-corrected chi connectivity index (χ3v) is 1.73. The van der Waals surface area contributed by atoms with E-state index in [0.717, 1.165) is 6.07 Å². The first-order valence-corrected chi connectivity index (χ1v) is 3.92. The van der Waals surface area contributed by atoms with Gasteiger partial charge in [0.05, 0.1) is 6.10 Å². The van der Waals surface area contributed by atoms with E-state index in [9.17, 15) is 8.78 Å². The Kier molecular flexibility index (Phi) is 2.83. The number of hydrogen-bond acceptors (Lipinski definition) is 2. The Hall–Kier alpha value is -1.16. The molecule has 0 fully saturated rings. The quantitative estimate of drug-likeness (QED) is 0.689. The molecule has 0 bridgehead atoms. The molecular formula is C9H11F2NO. The Labute approximate surface area is 75.0 Å². The fourth-order valence-electron chi connectivity index (χ4n) is 1.11. The summed E-state index contributed by atoms with van der Waals surface area (Å²) in [5.74, 6) is -1.91. The van der Waals surface area contributed by atoms with E-state index in [-0.39, 0.29) is 17.7 Å². The smallest absolute Gasteiger partial charge is 0.164 e. The van der Waals surface area contributed by atoms with E-state index in [0.29, 0.717) is 0 Å². The molecule has 3 N–H and O–H groups in total. The number of aliphatic hydroxyl groups excluding tert-OH is 1. The second-order valence-corrected chi connectivity index (χ2v) is 2.98. The second-order valence-electron chi connectivity index (χ2n) is 2.98. The first-order chi connectivity index (χ1) is 6.02. The fraction of sp³-hybridized carbons (Fsp3) is 0.333. The summed E-state index contributed by atoms with van der Waals surface area (Å²) in [4.78, 5) is 0. The third-order valence-electron chi connectivity index (χ3n) is 1.73. The molecule has 0 saturated heterocycles. The van der Waals surface area contributed by atoms with Crippen LogP contribution in [0.5, 0.6) is 0 Å². The lowest BCUT2D eigenvalue weighted by Crippen LogP contribution is -2.09. The topological polar surface area (TPSA) is 46.2 Å². The van der Waals surface area contributed by atoms with Gasteiger partial charge in [0.2, 0.25) is 0 Å². The van der Waals surface area contributed by atoms with E-state index in [1.807, 2.05) is 0 Å². The van der Waals surface area contributed by atoms with Gasteiger partial charge in [-0.25, -0.2) is 8.78 Å². The summed E-state index contributed by atoms with van der Waals surface area (Å²) < 4.78 is 25.8. The molecule has 0 saturated carbocycles. The Balaban J connectivity index is 3.10. The van der Waals surface area contributed by atoms with Crippen LogP contribution in [0.15, 0.2) is 12.1 Å². The highest BCUT2D eigenvalue weighted by Crippen LogP contribution is 2.20. The minimum atomic E-state index is -0.971. The van der Waals surface area contributed by atoms with Gasteiger partial charge in [-0.3, -0.25) is 0 Å². The van der Waals surface area contributed by atoms with Crippen LogP contribution in [0.4, 0.5) is 14.5 Å². The minimum Gasteiger partial charge on any atom is -0.398 e. The highest BCUT2D eigenvalue weighted by molar-refractivity contribution is 5.47. The van der Waals surface area contributed by atoms with Crippen molar-refractivity contribution in [2.24, 2.45) is 0 Å². The molecule has 0 aromatic heterocycles. The third kappa shape index (κ3) is 2.15. The number of hydrogen-bond donors (Lipinski definition) is 2. The summed E-state index contributed by atoms with van der Waals surface area (Å²) in [5.41, 5.74) is 5.62. The zero-order valence-electron chi connectivity index (χ0n) is 7.22. The molecule has 0 amide bonds. The molecule has 1 atom stereocenters. The van der Waals surface area contributed by atoms with E-state index >= 15 is 0 Å². The Bertz CT molecular complexity index is 313. The zero-order valence-corrected chi connectivity index (χ0v) is 7.22. The molecule has 72 valence electrons. The molecule has 0 radical (unpaired) electrons. The van der Waals surface area contributed by atoms with E-state index in [4.69, 9.17) is 10.8 Å². The Morgan fingerprint density at radius 1 is 1.46 bits per heavy atom. The molecule has 1 aromatic rings. The summed E-state index contributed by atoms with van der Waals surface area (Å²) >= 11 is 0. The molecular weight excluding hydrogens is 176 g/mol. The summed E-state index contributed by atoms with van der Waals surface area (Å²) in [5, 5.41) is 9.00. The van der Waals surface area contributed by atoms with Crippen molar-refractivity contribution in [1.29, 1.82) is 0 Å². The highest BCUT2D eigenvalue weighted by atomic mass is 19.2. The number of rotatable bonds is 2. The maximum atomic E-state index is 13.1. The Morgan fingerprint density at radius 2 is 2.08 bits per heavy atom. The average Bonchev–Trinajstić information content (AvgIpc) is 2.05. The van der Waals surface area contributed by atoms with E-state index < -0.39 is 17.7 Å². The van der Waals surface area contributed by atoms with Gasteiger partial charge < -0.3 is 10.8 Å². The molecule has 0 spiro atoms. The van der Waals surface area contributed by atoms with E-state index in [1.165, 1.54) is 13.0 Å². The first kappa shape index (κ1) is 9.92. The summed E-state index contributed by atoms with van der Waals surface area (Å²) in [7, 11) is 0. The van der Waals surface area contributed by atoms with Gasteiger partial charge in [0, 0.05) is 17.7 Å². The zero-order chi connectivity index (χ0) is 10.0. The van der Waals surface area contributed by atoms with Crippen molar-refractivity contribution in [1.82, 2.24) is 0 Å². The standard InChI is InChI=1S/C9H11F2NO/c1-5(13)4-6-8(12)3-2-7(10)9(6)11/h2-3,5,13H,4,12H2,1H3. The molecule has 0 aliphatic carbocycles. The summed E-state index contributed by atoms with van der Waals surface area (Å²) in [6.45, 7) is 1.49. The van der Waals surface area contributed by atoms with Crippen LogP contribution < -0.4 is 5.73 Å². The maximum absolute atomic E-state index is 13.1. The number of aliphatic hydroxyl groups is 1. The van der Waals surface area contributed by atoms with Crippen LogP contribution in [0, 0.1) is 11.6 Å². The molecule has 4 heteroatoms. The second kappa shape index (κ2) is 3.70. The number of anilines is 1. The van der Waals surface area contributed by atoms with Crippen LogP contribution in [0.25, 0.3) is 0 Å². The van der Waals surface area contributed by atoms with Crippen molar-refractivity contribution in [3.63, 3.8) is 0 Å². The largest absolute Gasteiger partial charge is 0.398 e. The van der Waals surface area contributed by atoms with Crippen LogP contribution in [-0.4, -0.2) is 11.2 Å². The molecule has 1 unspecified atom stereocenters. The van der Waals surface area contributed by atoms with E-state index in [1.54, 1.807) is 0 Å². The predicted octanol–water partition coefficient (Wildman–Crippen LogP) is 1.47. The summed E-state index contributed by atoms with van der Waals surface area (Å²) in [6, 6.07) is 2.26. The number of halogens is 2. The number of nitrogen functional groups attached to an aromatic ring is 1. The average molecular weight is 187 g/mol. The maximum Gasteiger partial charge on any atom is 0.164 e.